The molecule has 94 valence electrons. The Hall–Kier alpha value is -0.580. The molecule has 1 fully saturated rings. The summed E-state index contributed by atoms with van der Waals surface area (Å²) in [6, 6.07) is 6.87. The highest BCUT2D eigenvalue weighted by Gasteiger charge is 2.15. The highest BCUT2D eigenvalue weighted by Crippen LogP contribution is 2.22. The summed E-state index contributed by atoms with van der Waals surface area (Å²) in [5, 5.41) is 3.47. The summed E-state index contributed by atoms with van der Waals surface area (Å²) in [4.78, 5) is 2.27. The summed E-state index contributed by atoms with van der Waals surface area (Å²) >= 11 is 3.53. The normalized spacial score (nSPS) is 20.3. The van der Waals surface area contributed by atoms with Crippen LogP contribution in [0.3, 0.4) is 0 Å². The van der Waals surface area contributed by atoms with Crippen molar-refractivity contribution in [2.24, 2.45) is 0 Å². The van der Waals surface area contributed by atoms with Crippen LogP contribution < -0.4 is 10.2 Å². The molecule has 3 nitrogen and oxygen atoms in total. The van der Waals surface area contributed by atoms with Gasteiger partial charge in [-0.1, -0.05) is 15.9 Å². The monoisotopic (exact) mass is 298 g/mol. The smallest absolute Gasteiger partial charge is 0.0637 e. The summed E-state index contributed by atoms with van der Waals surface area (Å²) in [6.07, 6.45) is 0. The molecule has 0 aliphatic carbocycles. The fourth-order valence-corrected chi connectivity index (χ4v) is 2.29. The van der Waals surface area contributed by atoms with Gasteiger partial charge in [-0.3, -0.25) is 0 Å². The Morgan fingerprint density at radius 3 is 3.00 bits per heavy atom. The van der Waals surface area contributed by atoms with Crippen molar-refractivity contribution in [3.63, 3.8) is 0 Å². The molecule has 1 saturated heterocycles. The van der Waals surface area contributed by atoms with E-state index in [0.29, 0.717) is 6.04 Å². The first-order valence-electron chi connectivity index (χ1n) is 5.95. The molecular weight excluding hydrogens is 280 g/mol. The number of likely N-dealkylation sites (N-methyl/N-ethyl adjacent to an activating group) is 1. The van der Waals surface area contributed by atoms with Crippen molar-refractivity contribution in [1.82, 2.24) is 5.32 Å². The van der Waals surface area contributed by atoms with Gasteiger partial charge in [0.05, 0.1) is 13.2 Å². The number of nitrogens with one attached hydrogen (secondary N) is 1. The Bertz CT molecular complexity index is 378. The van der Waals surface area contributed by atoms with E-state index < -0.39 is 0 Å². The molecule has 0 radical (unpaired) electrons. The first-order chi connectivity index (χ1) is 8.16. The van der Waals surface area contributed by atoms with Crippen LogP contribution in [0.2, 0.25) is 0 Å². The lowest BCUT2D eigenvalue weighted by Gasteiger charge is -2.29. The molecule has 0 saturated carbocycles. The van der Waals surface area contributed by atoms with Crippen LogP contribution >= 0.6 is 15.9 Å². The summed E-state index contributed by atoms with van der Waals surface area (Å²) in [6.45, 7) is 5.68. The van der Waals surface area contributed by atoms with Crippen LogP contribution in [-0.4, -0.2) is 39.4 Å². The maximum atomic E-state index is 5.47. The van der Waals surface area contributed by atoms with Crippen molar-refractivity contribution in [3.8, 4) is 0 Å². The fourth-order valence-electron chi connectivity index (χ4n) is 2.04. The number of hydrogen-bond acceptors (Lipinski definition) is 3. The van der Waals surface area contributed by atoms with Crippen LogP contribution in [0, 0.1) is 6.92 Å². The zero-order valence-corrected chi connectivity index (χ0v) is 12.0. The summed E-state index contributed by atoms with van der Waals surface area (Å²) in [5.41, 5.74) is 2.51. The second kappa shape index (κ2) is 5.85. The molecule has 1 unspecified atom stereocenters. The quantitative estimate of drug-likeness (QED) is 0.926. The summed E-state index contributed by atoms with van der Waals surface area (Å²) in [5.74, 6) is 0. The molecule has 0 amide bonds. The van der Waals surface area contributed by atoms with Gasteiger partial charge in [-0.25, -0.2) is 0 Å². The van der Waals surface area contributed by atoms with Gasteiger partial charge >= 0.3 is 0 Å². The molecule has 0 aromatic heterocycles. The number of halogens is 1. The fraction of sp³-hybridized carbons (Fsp3) is 0.538. The van der Waals surface area contributed by atoms with E-state index in [9.17, 15) is 0 Å². The molecule has 1 aliphatic rings. The molecule has 2 rings (SSSR count). The average molecular weight is 299 g/mol. The molecule has 1 atom stereocenters. The van der Waals surface area contributed by atoms with E-state index in [1.54, 1.807) is 0 Å². The number of benzene rings is 1. The lowest BCUT2D eigenvalue weighted by molar-refractivity contribution is 0.0791. The highest BCUT2D eigenvalue weighted by atomic mass is 79.9. The summed E-state index contributed by atoms with van der Waals surface area (Å²) < 4.78 is 6.63. The van der Waals surface area contributed by atoms with Crippen molar-refractivity contribution in [1.29, 1.82) is 0 Å². The minimum atomic E-state index is 0.428. The zero-order valence-electron chi connectivity index (χ0n) is 10.4. The van der Waals surface area contributed by atoms with Gasteiger partial charge in [0.2, 0.25) is 0 Å². The molecule has 1 aromatic rings. The predicted octanol–water partition coefficient (Wildman–Crippen LogP) is 2.18. The number of morpholine rings is 1. The first-order valence-corrected chi connectivity index (χ1v) is 6.74. The minimum Gasteiger partial charge on any atom is -0.378 e. The van der Waals surface area contributed by atoms with Crippen LogP contribution in [0.15, 0.2) is 22.7 Å². The Morgan fingerprint density at radius 2 is 2.35 bits per heavy atom. The third kappa shape index (κ3) is 3.44. The maximum absolute atomic E-state index is 5.47. The van der Waals surface area contributed by atoms with Crippen LogP contribution in [0.25, 0.3) is 0 Å². The Balaban J connectivity index is 1.98. The molecule has 4 heteroatoms. The summed E-state index contributed by atoms with van der Waals surface area (Å²) in [7, 11) is 2.12. The van der Waals surface area contributed by atoms with E-state index in [1.165, 1.54) is 11.3 Å². The predicted molar refractivity (Wildman–Crippen MR) is 74.8 cm³/mol. The van der Waals surface area contributed by atoms with Gasteiger partial charge < -0.3 is 15.0 Å². The van der Waals surface area contributed by atoms with Gasteiger partial charge in [0.15, 0.2) is 0 Å². The van der Waals surface area contributed by atoms with Gasteiger partial charge in [0.1, 0.15) is 0 Å². The Kier molecular flexibility index (Phi) is 4.42. The highest BCUT2D eigenvalue weighted by molar-refractivity contribution is 9.10. The van der Waals surface area contributed by atoms with Crippen LogP contribution in [0.4, 0.5) is 5.69 Å². The van der Waals surface area contributed by atoms with Crippen LogP contribution in [0.5, 0.6) is 0 Å². The minimum absolute atomic E-state index is 0.428. The largest absolute Gasteiger partial charge is 0.378 e. The van der Waals surface area contributed by atoms with Gasteiger partial charge in [0.25, 0.3) is 0 Å². The zero-order chi connectivity index (χ0) is 12.3. The molecule has 1 heterocycles. The third-order valence-electron chi connectivity index (χ3n) is 3.07. The first kappa shape index (κ1) is 12.9. The van der Waals surface area contributed by atoms with Crippen LogP contribution in [-0.2, 0) is 4.74 Å². The maximum Gasteiger partial charge on any atom is 0.0637 e. The molecule has 1 N–H and O–H groups in total. The second-order valence-electron chi connectivity index (χ2n) is 4.54. The molecule has 1 aromatic carbocycles. The van der Waals surface area contributed by atoms with E-state index in [1.807, 2.05) is 0 Å². The lowest BCUT2D eigenvalue weighted by atomic mass is 10.2. The van der Waals surface area contributed by atoms with E-state index in [0.717, 1.165) is 30.8 Å². The Morgan fingerprint density at radius 1 is 1.53 bits per heavy atom. The second-order valence-corrected chi connectivity index (χ2v) is 5.39. The molecule has 0 spiro atoms. The molecule has 1 aliphatic heterocycles. The number of ether oxygens (including phenoxy) is 1. The van der Waals surface area contributed by atoms with Gasteiger partial charge in [-0.2, -0.15) is 0 Å². The van der Waals surface area contributed by atoms with Gasteiger partial charge in [-0.05, 0) is 30.7 Å². The number of aryl methyl sites for hydroxylation is 1. The van der Waals surface area contributed by atoms with Crippen molar-refractivity contribution in [2.75, 3.05) is 38.3 Å². The van der Waals surface area contributed by atoms with E-state index in [2.05, 4.69) is 58.3 Å². The van der Waals surface area contributed by atoms with E-state index in [4.69, 9.17) is 4.74 Å². The topological polar surface area (TPSA) is 24.5 Å². The number of nitrogens with zero attached hydrogens (tertiary/aromatic N) is 1. The van der Waals surface area contributed by atoms with Crippen molar-refractivity contribution in [2.45, 2.75) is 13.0 Å². The van der Waals surface area contributed by atoms with E-state index in [-0.39, 0.29) is 0 Å². The van der Waals surface area contributed by atoms with Gasteiger partial charge in [0, 0.05) is 36.3 Å². The molecule has 0 bridgehead atoms. The standard InChI is InChI=1S/C13H19BrN2O/c1-10-7-12(3-4-13(10)14)16(2)8-11-9-17-6-5-15-11/h3-4,7,11,15H,5-6,8-9H2,1-2H3. The average Bonchev–Trinajstić information content (AvgIpc) is 2.34. The van der Waals surface area contributed by atoms with Crippen molar-refractivity contribution in [3.05, 3.63) is 28.2 Å². The van der Waals surface area contributed by atoms with Crippen molar-refractivity contribution < 1.29 is 4.74 Å². The molecular formula is C13H19BrN2O. The Labute approximate surface area is 111 Å². The number of rotatable bonds is 3. The number of hydrogen-bond donors (Lipinski definition) is 1. The van der Waals surface area contributed by atoms with Crippen molar-refractivity contribution >= 4 is 21.6 Å². The van der Waals surface area contributed by atoms with Crippen LogP contribution in [0.1, 0.15) is 5.56 Å². The van der Waals surface area contributed by atoms with E-state index >= 15 is 0 Å². The number of anilines is 1. The third-order valence-corrected chi connectivity index (χ3v) is 3.96. The van der Waals surface area contributed by atoms with Gasteiger partial charge in [-0.15, -0.1) is 0 Å². The molecule has 17 heavy (non-hydrogen) atoms. The lowest BCUT2D eigenvalue weighted by Crippen LogP contribution is -2.47. The SMILES string of the molecule is Cc1cc(N(C)CC2COCCN2)ccc1Br.